The van der Waals surface area contributed by atoms with Gasteiger partial charge in [0.15, 0.2) is 0 Å². The van der Waals surface area contributed by atoms with Crippen LogP contribution in [0.25, 0.3) is 0 Å². The van der Waals surface area contributed by atoms with Gasteiger partial charge in [-0.1, -0.05) is 214 Å². The van der Waals surface area contributed by atoms with Crippen LogP contribution >= 0.6 is 0 Å². The molecule has 0 bridgehead atoms. The van der Waals surface area contributed by atoms with E-state index < -0.39 is 0 Å². The number of hydrogen-bond acceptors (Lipinski definition) is 0. The summed E-state index contributed by atoms with van der Waals surface area (Å²) >= 11 is 0. The van der Waals surface area contributed by atoms with Gasteiger partial charge in [0.25, 0.3) is 0 Å². The van der Waals surface area contributed by atoms with Crippen molar-refractivity contribution in [2.75, 3.05) is 13.1 Å². The van der Waals surface area contributed by atoms with E-state index in [1.165, 1.54) is 222 Å². The molecule has 0 aliphatic carbocycles. The van der Waals surface area contributed by atoms with Crippen molar-refractivity contribution in [2.45, 2.75) is 207 Å². The Morgan fingerprint density at radius 3 is 0.922 bits per heavy atom. The van der Waals surface area contributed by atoms with Gasteiger partial charge >= 0.3 is 0 Å². The molecule has 0 aromatic heterocycles. The van der Waals surface area contributed by atoms with Crippen LogP contribution in [0.3, 0.4) is 0 Å². The van der Waals surface area contributed by atoms with Gasteiger partial charge in [-0.15, -0.1) is 0 Å². The molecule has 1 heteroatoms. The van der Waals surface area contributed by atoms with Crippen molar-refractivity contribution >= 4 is 0 Å². The fourth-order valence-corrected chi connectivity index (χ4v) is 7.79. The highest BCUT2D eigenvalue weighted by Crippen LogP contribution is 2.24. The Kier molecular flexibility index (Phi) is 29.8. The van der Waals surface area contributed by atoms with Gasteiger partial charge in [0, 0.05) is 11.1 Å². The lowest BCUT2D eigenvalue weighted by Gasteiger charge is -2.39. The number of allylic oxidation sites excluding steroid dienone is 4. The minimum atomic E-state index is 1.17. The smallest absolute Gasteiger partial charge is 0.105 e. The first kappa shape index (κ1) is 45.0. The van der Waals surface area contributed by atoms with Crippen LogP contribution in [0, 0.1) is 0 Å². The molecule has 2 rings (SSSR count). The highest BCUT2D eigenvalue weighted by molar-refractivity contribution is 5.15. The molecule has 0 saturated carbocycles. The topological polar surface area (TPSA) is 0 Å². The quantitative estimate of drug-likeness (QED) is 0.0377. The van der Waals surface area contributed by atoms with Crippen molar-refractivity contribution in [3.05, 3.63) is 96.1 Å². The third-order valence-corrected chi connectivity index (χ3v) is 11.0. The normalized spacial score (nSPS) is 12.1. The number of quaternary nitrogens is 1. The minimum Gasteiger partial charge on any atom is -0.316 e. The van der Waals surface area contributed by atoms with Crippen molar-refractivity contribution in [1.29, 1.82) is 0 Å². The number of nitrogens with zero attached hydrogens (tertiary/aromatic N) is 1. The maximum atomic E-state index is 2.42. The Balaban J connectivity index is 1.70. The van der Waals surface area contributed by atoms with E-state index in [9.17, 15) is 0 Å². The van der Waals surface area contributed by atoms with E-state index in [0.29, 0.717) is 0 Å². The van der Waals surface area contributed by atoms with Crippen LogP contribution in [0.15, 0.2) is 85.0 Å². The standard InChI is InChI=1S/C50H84N/c1-3-5-7-9-11-13-15-17-19-21-23-25-27-29-31-39-45-51(47-49-41-35-33-36-42-49,48-50-43-37-34-38-44-50)46-40-32-30-28-26-24-22-20-18-16-14-12-10-8-6-4-2/h9-12,33-38,41-44H,3-8,13-32,39-40,45-48H2,1-2H3/q+1/b11-9+,12-10+. The van der Waals surface area contributed by atoms with Crippen molar-refractivity contribution in [3.63, 3.8) is 0 Å². The predicted octanol–water partition coefficient (Wildman–Crippen LogP) is 16.3. The van der Waals surface area contributed by atoms with Crippen molar-refractivity contribution in [3.8, 4) is 0 Å². The maximum Gasteiger partial charge on any atom is 0.105 e. The molecule has 0 N–H and O–H groups in total. The molecule has 288 valence electrons. The van der Waals surface area contributed by atoms with Gasteiger partial charge in [0.1, 0.15) is 13.1 Å². The zero-order chi connectivity index (χ0) is 36.2. The predicted molar refractivity (Wildman–Crippen MR) is 229 cm³/mol. The van der Waals surface area contributed by atoms with E-state index in [4.69, 9.17) is 0 Å². The van der Waals surface area contributed by atoms with Gasteiger partial charge in [-0.25, -0.2) is 0 Å². The van der Waals surface area contributed by atoms with E-state index in [1.807, 2.05) is 0 Å². The van der Waals surface area contributed by atoms with E-state index in [1.54, 1.807) is 0 Å². The zero-order valence-electron chi connectivity index (χ0n) is 34.2. The van der Waals surface area contributed by atoms with Crippen LogP contribution in [0.2, 0.25) is 0 Å². The number of benzene rings is 2. The second-order valence-corrected chi connectivity index (χ2v) is 16.0. The molecule has 0 spiro atoms. The molecular formula is C50H84N+. The van der Waals surface area contributed by atoms with Crippen LogP contribution < -0.4 is 0 Å². The first-order valence-electron chi connectivity index (χ1n) is 22.5. The molecule has 0 fully saturated rings. The lowest BCUT2D eigenvalue weighted by Crippen LogP contribution is -2.48. The Morgan fingerprint density at radius 2 is 0.608 bits per heavy atom. The molecule has 0 aliphatic rings. The highest BCUT2D eigenvalue weighted by atomic mass is 15.3. The first-order valence-corrected chi connectivity index (χ1v) is 22.5. The minimum absolute atomic E-state index is 1.17. The van der Waals surface area contributed by atoms with Crippen LogP contribution in [0.4, 0.5) is 0 Å². The number of unbranched alkanes of at least 4 members (excludes halogenated alkanes) is 24. The zero-order valence-corrected chi connectivity index (χ0v) is 34.2. The molecule has 0 unspecified atom stereocenters. The summed E-state index contributed by atoms with van der Waals surface area (Å²) in [6.07, 6.45) is 48.3. The molecule has 0 aliphatic heterocycles. The van der Waals surface area contributed by atoms with Gasteiger partial charge in [0.2, 0.25) is 0 Å². The monoisotopic (exact) mass is 699 g/mol. The van der Waals surface area contributed by atoms with E-state index in [-0.39, 0.29) is 0 Å². The molecule has 0 saturated heterocycles. The SMILES string of the molecule is CCCC/C=C/CCCCCCCCCCCC[N+](CCCCCCCCCCCC/C=C/CCCC)(Cc1ccccc1)Cc1ccccc1. The Bertz CT molecular complexity index is 952. The average molecular weight is 699 g/mol. The third-order valence-electron chi connectivity index (χ3n) is 11.0. The summed E-state index contributed by atoms with van der Waals surface area (Å²) in [5.41, 5.74) is 3.02. The summed E-state index contributed by atoms with van der Waals surface area (Å²) in [4.78, 5) is 0. The van der Waals surface area contributed by atoms with E-state index in [2.05, 4.69) is 98.8 Å². The molecule has 0 amide bonds. The Labute approximate surface area is 319 Å². The molecule has 2 aromatic rings. The van der Waals surface area contributed by atoms with E-state index in [0.717, 1.165) is 0 Å². The van der Waals surface area contributed by atoms with Crippen molar-refractivity contribution < 1.29 is 4.48 Å². The van der Waals surface area contributed by atoms with Gasteiger partial charge in [-0.05, 0) is 64.2 Å². The van der Waals surface area contributed by atoms with E-state index >= 15 is 0 Å². The molecule has 0 atom stereocenters. The number of rotatable bonds is 36. The van der Waals surface area contributed by atoms with Gasteiger partial charge in [-0.2, -0.15) is 0 Å². The van der Waals surface area contributed by atoms with Crippen molar-refractivity contribution in [1.82, 2.24) is 0 Å². The Hall–Kier alpha value is -2.12. The summed E-state index contributed by atoms with van der Waals surface area (Å²) in [6, 6.07) is 22.8. The van der Waals surface area contributed by atoms with Gasteiger partial charge in [0.05, 0.1) is 13.1 Å². The maximum absolute atomic E-state index is 2.42. The van der Waals surface area contributed by atoms with Crippen LogP contribution in [-0.4, -0.2) is 17.6 Å². The summed E-state index contributed by atoms with van der Waals surface area (Å²) < 4.78 is 1.22. The Morgan fingerprint density at radius 1 is 0.333 bits per heavy atom. The fourth-order valence-electron chi connectivity index (χ4n) is 7.79. The molecule has 0 radical (unpaired) electrons. The second kappa shape index (κ2) is 33.7. The molecule has 2 aromatic carbocycles. The average Bonchev–Trinajstić information content (AvgIpc) is 3.15. The van der Waals surface area contributed by atoms with Gasteiger partial charge < -0.3 is 4.48 Å². The largest absolute Gasteiger partial charge is 0.316 e. The lowest BCUT2D eigenvalue weighted by molar-refractivity contribution is -0.954. The first-order chi connectivity index (χ1) is 25.3. The molecule has 1 nitrogen and oxygen atoms in total. The molecule has 0 heterocycles. The van der Waals surface area contributed by atoms with Crippen LogP contribution in [0.5, 0.6) is 0 Å². The van der Waals surface area contributed by atoms with Crippen LogP contribution in [-0.2, 0) is 13.1 Å². The van der Waals surface area contributed by atoms with Crippen LogP contribution in [0.1, 0.15) is 205 Å². The lowest BCUT2D eigenvalue weighted by atomic mass is 10.0. The summed E-state index contributed by atoms with van der Waals surface area (Å²) in [5.74, 6) is 0. The molecule has 51 heavy (non-hydrogen) atoms. The summed E-state index contributed by atoms with van der Waals surface area (Å²) in [7, 11) is 0. The summed E-state index contributed by atoms with van der Waals surface area (Å²) in [6.45, 7) is 9.51. The second-order valence-electron chi connectivity index (χ2n) is 16.0. The third kappa shape index (κ3) is 26.3. The number of hydrogen-bond donors (Lipinski definition) is 0. The molecular weight excluding hydrogens is 615 g/mol. The highest BCUT2D eigenvalue weighted by Gasteiger charge is 2.27. The van der Waals surface area contributed by atoms with Gasteiger partial charge in [-0.3, -0.25) is 0 Å². The van der Waals surface area contributed by atoms with Crippen molar-refractivity contribution in [2.24, 2.45) is 0 Å². The fraction of sp³-hybridized carbons (Fsp3) is 0.680. The summed E-state index contributed by atoms with van der Waals surface area (Å²) in [5, 5.41) is 0.